The number of fused-ring (bicyclic) bond motifs is 5. The second-order valence-corrected chi connectivity index (χ2v) is 12.2. The van der Waals surface area contributed by atoms with Gasteiger partial charge in [0.2, 0.25) is 0 Å². The molecule has 0 radical (unpaired) electrons. The van der Waals surface area contributed by atoms with Crippen LogP contribution in [0.4, 0.5) is 0 Å². The Hall–Kier alpha value is -2.22. The molecule has 1 aromatic carbocycles. The molecule has 0 bridgehead atoms. The van der Waals surface area contributed by atoms with Crippen LogP contribution >= 0.6 is 22.9 Å². The number of aryl methyl sites for hydroxylation is 1. The highest BCUT2D eigenvalue weighted by atomic mass is 35.5. The molecule has 5 rings (SSSR count). The maximum absolute atomic E-state index is 6.35. The van der Waals surface area contributed by atoms with E-state index in [4.69, 9.17) is 26.3 Å². The molecule has 0 spiro atoms. The Kier molecular flexibility index (Phi) is 5.23. The minimum Gasteiger partial charge on any atom is -0.485 e. The lowest BCUT2D eigenvalue weighted by molar-refractivity contribution is -0.789. The maximum Gasteiger partial charge on any atom is 0.189 e. The van der Waals surface area contributed by atoms with E-state index in [0.717, 1.165) is 44.2 Å². The molecule has 4 aromatic rings. The summed E-state index contributed by atoms with van der Waals surface area (Å²) in [7, 11) is 0. The first-order valence-corrected chi connectivity index (χ1v) is 12.6. The molecule has 0 saturated heterocycles. The van der Waals surface area contributed by atoms with Gasteiger partial charge in [-0.05, 0) is 69.4 Å². The average Bonchev–Trinajstić information content (AvgIpc) is 3.28. The van der Waals surface area contributed by atoms with Crippen LogP contribution in [0.5, 0.6) is 5.75 Å². The number of rotatable bonds is 4. The SMILES string of the molecule is Cc1cc(OCc2nc3c4c5c(sc4ncn3n2)C(C)(C)[NH2+]C(C)(C)C5)c(C(C)C)cc1Cl. The van der Waals surface area contributed by atoms with Gasteiger partial charge in [0, 0.05) is 11.4 Å². The smallest absolute Gasteiger partial charge is 0.189 e. The van der Waals surface area contributed by atoms with E-state index in [1.807, 2.05) is 19.1 Å². The van der Waals surface area contributed by atoms with Crippen molar-refractivity contribution >= 4 is 38.8 Å². The van der Waals surface area contributed by atoms with Crippen LogP contribution in [0.15, 0.2) is 18.5 Å². The zero-order valence-corrected chi connectivity index (χ0v) is 21.9. The number of benzene rings is 1. The van der Waals surface area contributed by atoms with E-state index in [9.17, 15) is 0 Å². The first kappa shape index (κ1) is 22.6. The molecule has 6 nitrogen and oxygen atoms in total. The molecule has 1 aliphatic heterocycles. The second kappa shape index (κ2) is 7.65. The molecule has 8 heteroatoms. The number of ether oxygens (including phenoxy) is 1. The monoisotopic (exact) mass is 484 g/mol. The summed E-state index contributed by atoms with van der Waals surface area (Å²) in [6.45, 7) is 15.8. The topological polar surface area (TPSA) is 68.9 Å². The predicted octanol–water partition coefficient (Wildman–Crippen LogP) is 5.14. The zero-order chi connectivity index (χ0) is 23.7. The lowest BCUT2D eigenvalue weighted by Crippen LogP contribution is -3.03. The lowest BCUT2D eigenvalue weighted by atomic mass is 9.82. The normalized spacial score (nSPS) is 17.1. The summed E-state index contributed by atoms with van der Waals surface area (Å²) < 4.78 is 8.00. The van der Waals surface area contributed by atoms with Crippen LogP contribution < -0.4 is 10.1 Å². The van der Waals surface area contributed by atoms with Gasteiger partial charge in [-0.2, -0.15) is 0 Å². The van der Waals surface area contributed by atoms with Gasteiger partial charge in [0.05, 0.1) is 15.8 Å². The van der Waals surface area contributed by atoms with Crippen molar-refractivity contribution in [1.29, 1.82) is 0 Å². The number of aromatic nitrogens is 4. The quantitative estimate of drug-likeness (QED) is 0.435. The molecule has 0 saturated carbocycles. The molecule has 0 aliphatic carbocycles. The van der Waals surface area contributed by atoms with E-state index in [0.29, 0.717) is 18.3 Å². The van der Waals surface area contributed by atoms with Gasteiger partial charge < -0.3 is 10.1 Å². The molecule has 3 aromatic heterocycles. The molecule has 33 heavy (non-hydrogen) atoms. The molecular formula is C25H31ClN5OS+. The Morgan fingerprint density at radius 2 is 2.00 bits per heavy atom. The van der Waals surface area contributed by atoms with Crippen LogP contribution in [0, 0.1) is 6.92 Å². The Morgan fingerprint density at radius 3 is 2.73 bits per heavy atom. The molecule has 2 N–H and O–H groups in total. The van der Waals surface area contributed by atoms with Crippen LogP contribution in [-0.2, 0) is 18.6 Å². The average molecular weight is 485 g/mol. The van der Waals surface area contributed by atoms with Gasteiger partial charge in [0.15, 0.2) is 11.5 Å². The number of quaternary nitrogens is 1. The van der Waals surface area contributed by atoms with Gasteiger partial charge in [-0.15, -0.1) is 16.4 Å². The van der Waals surface area contributed by atoms with E-state index < -0.39 is 0 Å². The van der Waals surface area contributed by atoms with Crippen molar-refractivity contribution in [3.63, 3.8) is 0 Å². The number of hydrogen-bond acceptors (Lipinski definition) is 5. The highest BCUT2D eigenvalue weighted by Gasteiger charge is 2.43. The number of nitrogens with two attached hydrogens (primary N) is 1. The van der Waals surface area contributed by atoms with Gasteiger partial charge in [0.1, 0.15) is 29.1 Å². The zero-order valence-electron chi connectivity index (χ0n) is 20.3. The number of halogens is 1. The Morgan fingerprint density at radius 1 is 1.24 bits per heavy atom. The minimum atomic E-state index is 0.00505. The largest absolute Gasteiger partial charge is 0.485 e. The van der Waals surface area contributed by atoms with Crippen LogP contribution in [0.2, 0.25) is 5.02 Å². The van der Waals surface area contributed by atoms with Gasteiger partial charge in [-0.3, -0.25) is 0 Å². The van der Waals surface area contributed by atoms with E-state index >= 15 is 0 Å². The molecular weight excluding hydrogens is 454 g/mol. The number of thiophene rings is 1. The first-order chi connectivity index (χ1) is 15.4. The summed E-state index contributed by atoms with van der Waals surface area (Å²) >= 11 is 8.13. The van der Waals surface area contributed by atoms with E-state index in [1.165, 1.54) is 10.4 Å². The standard InChI is InChI=1S/C25H30ClN5OS/c1-13(2)15-9-17(26)14(3)8-18(15)32-11-19-28-22-20-16-10-24(4,5)30-25(6,7)21(16)33-23(20)27-12-31(22)29-19/h8-9,12-13,30H,10-11H2,1-7H3/p+1. The first-order valence-electron chi connectivity index (χ1n) is 11.4. The molecule has 0 unspecified atom stereocenters. The van der Waals surface area contributed by atoms with Crippen molar-refractivity contribution in [1.82, 2.24) is 19.6 Å². The van der Waals surface area contributed by atoms with Crippen molar-refractivity contribution in [2.45, 2.75) is 78.5 Å². The molecule has 4 heterocycles. The highest BCUT2D eigenvalue weighted by Crippen LogP contribution is 2.41. The Labute approximate surface area is 203 Å². The molecule has 0 atom stereocenters. The van der Waals surface area contributed by atoms with Crippen LogP contribution in [0.1, 0.15) is 74.9 Å². The molecule has 1 aliphatic rings. The fourth-order valence-corrected chi connectivity index (χ4v) is 6.59. The van der Waals surface area contributed by atoms with Crippen LogP contribution in [0.25, 0.3) is 15.9 Å². The third kappa shape index (κ3) is 3.90. The fourth-order valence-electron chi connectivity index (χ4n) is 5.19. The number of nitrogens with zero attached hydrogens (tertiary/aromatic N) is 4. The van der Waals surface area contributed by atoms with E-state index in [2.05, 4.69) is 52.0 Å². The summed E-state index contributed by atoms with van der Waals surface area (Å²) in [5.74, 6) is 1.78. The summed E-state index contributed by atoms with van der Waals surface area (Å²) in [4.78, 5) is 12.0. The van der Waals surface area contributed by atoms with Crippen molar-refractivity contribution < 1.29 is 10.1 Å². The molecule has 174 valence electrons. The van der Waals surface area contributed by atoms with Gasteiger partial charge in [-0.1, -0.05) is 25.4 Å². The van der Waals surface area contributed by atoms with Gasteiger partial charge in [0.25, 0.3) is 0 Å². The third-order valence-electron chi connectivity index (χ3n) is 6.41. The van der Waals surface area contributed by atoms with Crippen molar-refractivity contribution in [3.05, 3.63) is 50.9 Å². The van der Waals surface area contributed by atoms with Gasteiger partial charge in [-0.25, -0.2) is 14.5 Å². The summed E-state index contributed by atoms with van der Waals surface area (Å²) in [6, 6.07) is 4.00. The molecule has 0 amide bonds. The maximum atomic E-state index is 6.35. The Bertz CT molecular complexity index is 1380. The summed E-state index contributed by atoms with van der Waals surface area (Å²) in [5, 5.41) is 9.05. The van der Waals surface area contributed by atoms with Crippen LogP contribution in [-0.4, -0.2) is 25.1 Å². The number of hydrogen-bond donors (Lipinski definition) is 1. The van der Waals surface area contributed by atoms with Gasteiger partial charge >= 0.3 is 0 Å². The highest BCUT2D eigenvalue weighted by molar-refractivity contribution is 7.19. The molecule has 0 fully saturated rings. The van der Waals surface area contributed by atoms with E-state index in [1.54, 1.807) is 22.2 Å². The summed E-state index contributed by atoms with van der Waals surface area (Å²) in [5.41, 5.74) is 4.43. The minimum absolute atomic E-state index is 0.00505. The van der Waals surface area contributed by atoms with Crippen molar-refractivity contribution in [2.24, 2.45) is 0 Å². The van der Waals surface area contributed by atoms with Crippen LogP contribution in [0.3, 0.4) is 0 Å². The Balaban J connectivity index is 1.55. The van der Waals surface area contributed by atoms with Crippen molar-refractivity contribution in [2.75, 3.05) is 0 Å². The fraction of sp³-hybridized carbons (Fsp3) is 0.480. The lowest BCUT2D eigenvalue weighted by Gasteiger charge is -2.38. The summed E-state index contributed by atoms with van der Waals surface area (Å²) in [6.07, 6.45) is 2.75. The van der Waals surface area contributed by atoms with Crippen molar-refractivity contribution in [3.8, 4) is 5.75 Å². The second-order valence-electron chi connectivity index (χ2n) is 10.7. The van der Waals surface area contributed by atoms with E-state index in [-0.39, 0.29) is 11.1 Å². The third-order valence-corrected chi connectivity index (χ3v) is 8.30. The predicted molar refractivity (Wildman–Crippen MR) is 134 cm³/mol.